The van der Waals surface area contributed by atoms with Crippen LogP contribution in [0.2, 0.25) is 0 Å². The van der Waals surface area contributed by atoms with E-state index in [4.69, 9.17) is 0 Å². The minimum atomic E-state index is 0.0480. The second-order valence-corrected chi connectivity index (χ2v) is 7.97. The van der Waals surface area contributed by atoms with Crippen molar-refractivity contribution >= 4 is 11.6 Å². The van der Waals surface area contributed by atoms with Crippen LogP contribution < -0.4 is 4.90 Å². The number of hydrogen-bond donors (Lipinski definition) is 0. The Balaban J connectivity index is 1.51. The minimum absolute atomic E-state index is 0.0480. The van der Waals surface area contributed by atoms with Gasteiger partial charge in [-0.15, -0.1) is 0 Å². The van der Waals surface area contributed by atoms with Gasteiger partial charge in [-0.3, -0.25) is 4.79 Å². The van der Waals surface area contributed by atoms with E-state index >= 15 is 0 Å². The van der Waals surface area contributed by atoms with Gasteiger partial charge in [0.25, 0.3) is 5.91 Å². The molecular formula is C24H28N4O. The predicted octanol–water partition coefficient (Wildman–Crippen LogP) is 4.07. The average molecular weight is 389 g/mol. The number of rotatable bonds is 3. The first-order valence-electron chi connectivity index (χ1n) is 10.2. The summed E-state index contributed by atoms with van der Waals surface area (Å²) in [6.45, 7) is 11.4. The maximum absolute atomic E-state index is 13.3. The highest BCUT2D eigenvalue weighted by Gasteiger charge is 2.25. The first-order valence-corrected chi connectivity index (χ1v) is 10.2. The minimum Gasteiger partial charge on any atom is -0.368 e. The molecule has 29 heavy (non-hydrogen) atoms. The fraction of sp³-hybridized carbons (Fsp3) is 0.333. The van der Waals surface area contributed by atoms with E-state index < -0.39 is 0 Å². The smallest absolute Gasteiger partial charge is 0.272 e. The van der Waals surface area contributed by atoms with Gasteiger partial charge in [0.1, 0.15) is 5.69 Å². The SMILES string of the molecule is Cc1cccc(-n2nc(C)cc2C(=O)N2CCN(c3ccc(C)c(C)c3)CC2)c1. The summed E-state index contributed by atoms with van der Waals surface area (Å²) in [5, 5.41) is 4.58. The van der Waals surface area contributed by atoms with Crippen molar-refractivity contribution in [2.75, 3.05) is 31.1 Å². The van der Waals surface area contributed by atoms with Crippen molar-refractivity contribution in [1.29, 1.82) is 0 Å². The van der Waals surface area contributed by atoms with E-state index in [1.54, 1.807) is 4.68 Å². The second-order valence-electron chi connectivity index (χ2n) is 7.97. The molecule has 2 heterocycles. The summed E-state index contributed by atoms with van der Waals surface area (Å²) in [6, 6.07) is 16.6. The van der Waals surface area contributed by atoms with Crippen molar-refractivity contribution < 1.29 is 4.79 Å². The van der Waals surface area contributed by atoms with Crippen LogP contribution in [-0.4, -0.2) is 46.8 Å². The van der Waals surface area contributed by atoms with Gasteiger partial charge in [-0.1, -0.05) is 18.2 Å². The van der Waals surface area contributed by atoms with E-state index in [0.29, 0.717) is 18.8 Å². The number of anilines is 1. The van der Waals surface area contributed by atoms with Crippen molar-refractivity contribution in [2.45, 2.75) is 27.7 Å². The van der Waals surface area contributed by atoms with Crippen LogP contribution in [0.1, 0.15) is 32.9 Å². The Bertz CT molecular complexity index is 1040. The molecule has 0 aliphatic carbocycles. The van der Waals surface area contributed by atoms with Gasteiger partial charge in [-0.05, 0) is 74.7 Å². The van der Waals surface area contributed by atoms with E-state index in [9.17, 15) is 4.79 Å². The Kier molecular flexibility index (Phi) is 5.14. The summed E-state index contributed by atoms with van der Waals surface area (Å²) in [5.74, 6) is 0.0480. The van der Waals surface area contributed by atoms with Gasteiger partial charge in [-0.2, -0.15) is 5.10 Å². The third-order valence-corrected chi connectivity index (χ3v) is 5.72. The average Bonchev–Trinajstić information content (AvgIpc) is 3.11. The molecule has 0 unspecified atom stereocenters. The molecule has 1 saturated heterocycles. The number of carbonyl (C=O) groups is 1. The zero-order valence-electron chi connectivity index (χ0n) is 17.6. The molecule has 5 nitrogen and oxygen atoms in total. The first kappa shape index (κ1) is 19.2. The molecule has 0 bridgehead atoms. The number of nitrogens with zero attached hydrogens (tertiary/aromatic N) is 4. The van der Waals surface area contributed by atoms with Gasteiger partial charge in [0.15, 0.2) is 0 Å². The van der Waals surface area contributed by atoms with E-state index in [-0.39, 0.29) is 5.91 Å². The largest absolute Gasteiger partial charge is 0.368 e. The highest BCUT2D eigenvalue weighted by atomic mass is 16.2. The third kappa shape index (κ3) is 3.90. The molecule has 150 valence electrons. The van der Waals surface area contributed by atoms with E-state index in [2.05, 4.69) is 48.1 Å². The van der Waals surface area contributed by atoms with Gasteiger partial charge in [0.05, 0.1) is 11.4 Å². The molecule has 4 rings (SSSR count). The number of aromatic nitrogens is 2. The van der Waals surface area contributed by atoms with Gasteiger partial charge < -0.3 is 9.80 Å². The van der Waals surface area contributed by atoms with Crippen LogP contribution in [-0.2, 0) is 0 Å². The van der Waals surface area contributed by atoms with E-state index in [1.807, 2.05) is 43.0 Å². The van der Waals surface area contributed by atoms with Crippen LogP contribution in [0.25, 0.3) is 5.69 Å². The Morgan fingerprint density at radius 3 is 2.28 bits per heavy atom. The molecule has 0 saturated carbocycles. The highest BCUT2D eigenvalue weighted by molar-refractivity contribution is 5.93. The number of benzene rings is 2. The lowest BCUT2D eigenvalue weighted by molar-refractivity contribution is 0.0737. The van der Waals surface area contributed by atoms with Gasteiger partial charge in [0, 0.05) is 31.9 Å². The lowest BCUT2D eigenvalue weighted by Crippen LogP contribution is -2.49. The highest BCUT2D eigenvalue weighted by Crippen LogP contribution is 2.22. The van der Waals surface area contributed by atoms with Gasteiger partial charge in [0.2, 0.25) is 0 Å². The summed E-state index contributed by atoms with van der Waals surface area (Å²) in [6.07, 6.45) is 0. The molecule has 1 fully saturated rings. The second kappa shape index (κ2) is 7.74. The number of amides is 1. The number of aryl methyl sites for hydroxylation is 4. The van der Waals surface area contributed by atoms with Crippen molar-refractivity contribution in [1.82, 2.24) is 14.7 Å². The first-order chi connectivity index (χ1) is 13.9. The maximum Gasteiger partial charge on any atom is 0.272 e. The van der Waals surface area contributed by atoms with Crippen LogP contribution in [0.4, 0.5) is 5.69 Å². The monoisotopic (exact) mass is 388 g/mol. The number of hydrogen-bond acceptors (Lipinski definition) is 3. The van der Waals surface area contributed by atoms with E-state index in [1.165, 1.54) is 16.8 Å². The molecule has 5 heteroatoms. The molecule has 0 atom stereocenters. The van der Waals surface area contributed by atoms with Crippen LogP contribution in [0.5, 0.6) is 0 Å². The zero-order chi connectivity index (χ0) is 20.5. The lowest BCUT2D eigenvalue weighted by atomic mass is 10.1. The Hall–Kier alpha value is -3.08. The topological polar surface area (TPSA) is 41.4 Å². The summed E-state index contributed by atoms with van der Waals surface area (Å²) < 4.78 is 1.78. The predicted molar refractivity (Wildman–Crippen MR) is 117 cm³/mol. The van der Waals surface area contributed by atoms with Crippen LogP contribution in [0.3, 0.4) is 0 Å². The molecule has 1 aliphatic heterocycles. The fourth-order valence-electron chi connectivity index (χ4n) is 3.86. The molecule has 1 amide bonds. The molecule has 1 aromatic heterocycles. The quantitative estimate of drug-likeness (QED) is 0.679. The molecule has 2 aromatic carbocycles. The summed E-state index contributed by atoms with van der Waals surface area (Å²) in [5.41, 5.74) is 7.41. The fourth-order valence-corrected chi connectivity index (χ4v) is 3.86. The van der Waals surface area contributed by atoms with Crippen molar-refractivity contribution in [3.05, 3.63) is 76.6 Å². The van der Waals surface area contributed by atoms with E-state index in [0.717, 1.165) is 30.0 Å². The van der Waals surface area contributed by atoms with Crippen molar-refractivity contribution in [3.8, 4) is 5.69 Å². The standard InChI is InChI=1S/C24H28N4O/c1-17-6-5-7-22(14-17)28-23(16-20(4)25-28)24(29)27-12-10-26(11-13-27)21-9-8-18(2)19(3)15-21/h5-9,14-16H,10-13H2,1-4H3. The van der Waals surface area contributed by atoms with Crippen molar-refractivity contribution in [3.63, 3.8) is 0 Å². The molecule has 0 N–H and O–H groups in total. The number of piperazine rings is 1. The zero-order valence-corrected chi connectivity index (χ0v) is 17.6. The molecule has 3 aromatic rings. The van der Waals surface area contributed by atoms with Crippen LogP contribution >= 0.6 is 0 Å². The number of carbonyl (C=O) groups excluding carboxylic acids is 1. The Morgan fingerprint density at radius 2 is 1.59 bits per heavy atom. The maximum atomic E-state index is 13.3. The van der Waals surface area contributed by atoms with Crippen molar-refractivity contribution in [2.24, 2.45) is 0 Å². The summed E-state index contributed by atoms with van der Waals surface area (Å²) in [7, 11) is 0. The Morgan fingerprint density at radius 1 is 0.828 bits per heavy atom. The van der Waals surface area contributed by atoms with Gasteiger partial charge in [-0.25, -0.2) is 4.68 Å². The summed E-state index contributed by atoms with van der Waals surface area (Å²) >= 11 is 0. The molecule has 0 radical (unpaired) electrons. The summed E-state index contributed by atoms with van der Waals surface area (Å²) in [4.78, 5) is 17.6. The van der Waals surface area contributed by atoms with Crippen LogP contribution in [0.15, 0.2) is 48.5 Å². The molecule has 1 aliphatic rings. The molecular weight excluding hydrogens is 360 g/mol. The van der Waals surface area contributed by atoms with Crippen LogP contribution in [0, 0.1) is 27.7 Å². The lowest BCUT2D eigenvalue weighted by Gasteiger charge is -2.36. The normalized spacial score (nSPS) is 14.3. The molecule has 0 spiro atoms. The Labute approximate surface area is 172 Å². The van der Waals surface area contributed by atoms with Gasteiger partial charge >= 0.3 is 0 Å². The third-order valence-electron chi connectivity index (χ3n) is 5.72.